The van der Waals surface area contributed by atoms with Gasteiger partial charge in [0.1, 0.15) is 5.82 Å². The first-order valence-electron chi connectivity index (χ1n) is 6.38. The zero-order valence-corrected chi connectivity index (χ0v) is 11.8. The molecule has 94 valence electrons. The molecule has 1 saturated carbocycles. The lowest BCUT2D eigenvalue weighted by Gasteiger charge is -2.27. The van der Waals surface area contributed by atoms with E-state index in [1.807, 2.05) is 6.07 Å². The maximum Gasteiger partial charge on any atom is 0.146 e. The summed E-state index contributed by atoms with van der Waals surface area (Å²) in [5, 5.41) is 0.718. The number of hydrogen-bond acceptors (Lipinski definition) is 1. The predicted octanol–water partition coefficient (Wildman–Crippen LogP) is 4.49. The van der Waals surface area contributed by atoms with Crippen LogP contribution in [-0.2, 0) is 5.33 Å². The first-order chi connectivity index (χ1) is 8.27. The van der Waals surface area contributed by atoms with E-state index >= 15 is 0 Å². The van der Waals surface area contributed by atoms with Gasteiger partial charge in [-0.25, -0.2) is 4.39 Å². The van der Waals surface area contributed by atoms with Crippen LogP contribution in [0.1, 0.15) is 38.2 Å². The van der Waals surface area contributed by atoms with Crippen LogP contribution in [0.2, 0.25) is 0 Å². The SMILES string of the molecule is CCCCN(c1c(F)cccc1CBr)C1CC1. The average molecular weight is 300 g/mol. The lowest BCUT2D eigenvalue weighted by molar-refractivity contribution is 0.608. The van der Waals surface area contributed by atoms with Gasteiger partial charge < -0.3 is 4.90 Å². The smallest absolute Gasteiger partial charge is 0.146 e. The number of hydrogen-bond donors (Lipinski definition) is 0. The maximum atomic E-state index is 14.0. The second-order valence-corrected chi connectivity index (χ2v) is 5.22. The van der Waals surface area contributed by atoms with Crippen molar-refractivity contribution in [2.24, 2.45) is 0 Å². The van der Waals surface area contributed by atoms with Crippen LogP contribution in [0.5, 0.6) is 0 Å². The standard InChI is InChI=1S/C14H19BrFN/c1-2-3-9-17(12-7-8-12)14-11(10-15)5-4-6-13(14)16/h4-6,12H,2-3,7-10H2,1H3. The van der Waals surface area contributed by atoms with Crippen LogP contribution >= 0.6 is 15.9 Å². The Bertz CT molecular complexity index is 376. The normalized spacial score (nSPS) is 15.0. The van der Waals surface area contributed by atoms with Crippen LogP contribution in [0.25, 0.3) is 0 Å². The minimum atomic E-state index is -0.0787. The van der Waals surface area contributed by atoms with Gasteiger partial charge in [0, 0.05) is 17.9 Å². The van der Waals surface area contributed by atoms with Crippen molar-refractivity contribution in [3.8, 4) is 0 Å². The summed E-state index contributed by atoms with van der Waals surface area (Å²) >= 11 is 3.46. The van der Waals surface area contributed by atoms with Gasteiger partial charge in [0.2, 0.25) is 0 Å². The number of benzene rings is 1. The van der Waals surface area contributed by atoms with E-state index in [2.05, 4.69) is 27.8 Å². The molecule has 0 heterocycles. The fraction of sp³-hybridized carbons (Fsp3) is 0.571. The molecule has 2 rings (SSSR count). The highest BCUT2D eigenvalue weighted by molar-refractivity contribution is 9.08. The first-order valence-corrected chi connectivity index (χ1v) is 7.50. The van der Waals surface area contributed by atoms with Gasteiger partial charge in [-0.05, 0) is 30.9 Å². The minimum absolute atomic E-state index is 0.0787. The van der Waals surface area contributed by atoms with Crippen molar-refractivity contribution in [1.29, 1.82) is 0 Å². The van der Waals surface area contributed by atoms with E-state index in [-0.39, 0.29) is 5.82 Å². The van der Waals surface area contributed by atoms with Gasteiger partial charge in [0.25, 0.3) is 0 Å². The highest BCUT2D eigenvalue weighted by Gasteiger charge is 2.31. The number of nitrogens with zero attached hydrogens (tertiary/aromatic N) is 1. The molecule has 0 aromatic heterocycles. The summed E-state index contributed by atoms with van der Waals surface area (Å²) in [4.78, 5) is 2.27. The summed E-state index contributed by atoms with van der Waals surface area (Å²) in [6.45, 7) is 3.15. The summed E-state index contributed by atoms with van der Waals surface area (Å²) < 4.78 is 14.0. The number of halogens is 2. The molecule has 0 amide bonds. The Morgan fingerprint density at radius 2 is 2.18 bits per heavy atom. The molecule has 1 aliphatic carbocycles. The molecule has 0 N–H and O–H groups in total. The maximum absolute atomic E-state index is 14.0. The van der Waals surface area contributed by atoms with E-state index in [9.17, 15) is 4.39 Å². The van der Waals surface area contributed by atoms with E-state index < -0.39 is 0 Å². The molecular weight excluding hydrogens is 281 g/mol. The number of unbranched alkanes of at least 4 members (excludes halogenated alkanes) is 1. The lowest BCUT2D eigenvalue weighted by Crippen LogP contribution is -2.28. The largest absolute Gasteiger partial charge is 0.366 e. The molecular formula is C14H19BrFN. The van der Waals surface area contributed by atoms with Crippen molar-refractivity contribution < 1.29 is 4.39 Å². The van der Waals surface area contributed by atoms with Gasteiger partial charge in [0.15, 0.2) is 0 Å². The topological polar surface area (TPSA) is 3.24 Å². The molecule has 0 unspecified atom stereocenters. The van der Waals surface area contributed by atoms with E-state index in [1.165, 1.54) is 12.8 Å². The van der Waals surface area contributed by atoms with Crippen molar-refractivity contribution >= 4 is 21.6 Å². The average Bonchev–Trinajstić information content (AvgIpc) is 3.15. The van der Waals surface area contributed by atoms with Gasteiger partial charge in [0.05, 0.1) is 5.69 Å². The molecule has 1 aromatic carbocycles. The summed E-state index contributed by atoms with van der Waals surface area (Å²) in [5.41, 5.74) is 1.88. The molecule has 0 radical (unpaired) electrons. The van der Waals surface area contributed by atoms with Gasteiger partial charge >= 0.3 is 0 Å². The molecule has 1 fully saturated rings. The molecule has 1 nitrogen and oxygen atoms in total. The Balaban J connectivity index is 2.27. The molecule has 0 atom stereocenters. The van der Waals surface area contributed by atoms with E-state index in [0.717, 1.165) is 36.0 Å². The molecule has 0 saturated heterocycles. The van der Waals surface area contributed by atoms with Crippen LogP contribution in [0.15, 0.2) is 18.2 Å². The number of anilines is 1. The third-order valence-corrected chi connectivity index (χ3v) is 3.85. The zero-order chi connectivity index (χ0) is 12.3. The third kappa shape index (κ3) is 3.01. The Kier molecular flexibility index (Phi) is 4.43. The molecule has 1 aliphatic rings. The fourth-order valence-corrected chi connectivity index (χ4v) is 2.63. The Labute approximate surface area is 111 Å². The van der Waals surface area contributed by atoms with Gasteiger partial charge in [-0.1, -0.05) is 41.4 Å². The summed E-state index contributed by atoms with van der Waals surface area (Å²) in [5.74, 6) is -0.0787. The van der Waals surface area contributed by atoms with E-state index in [0.29, 0.717) is 6.04 Å². The molecule has 17 heavy (non-hydrogen) atoms. The number of alkyl halides is 1. The predicted molar refractivity (Wildman–Crippen MR) is 74.3 cm³/mol. The van der Waals surface area contributed by atoms with E-state index in [1.54, 1.807) is 12.1 Å². The summed E-state index contributed by atoms with van der Waals surface area (Å²) in [6, 6.07) is 5.94. The van der Waals surface area contributed by atoms with Crippen molar-refractivity contribution in [3.05, 3.63) is 29.6 Å². The first kappa shape index (κ1) is 12.9. The van der Waals surface area contributed by atoms with Gasteiger partial charge in [-0.2, -0.15) is 0 Å². The highest BCUT2D eigenvalue weighted by atomic mass is 79.9. The quantitative estimate of drug-likeness (QED) is 0.700. The van der Waals surface area contributed by atoms with Crippen molar-refractivity contribution in [3.63, 3.8) is 0 Å². The molecule has 1 aromatic rings. The van der Waals surface area contributed by atoms with Gasteiger partial charge in [-0.15, -0.1) is 0 Å². The fourth-order valence-electron chi connectivity index (χ4n) is 2.18. The van der Waals surface area contributed by atoms with Gasteiger partial charge in [-0.3, -0.25) is 0 Å². The molecule has 0 spiro atoms. The van der Waals surface area contributed by atoms with Crippen LogP contribution in [-0.4, -0.2) is 12.6 Å². The summed E-state index contributed by atoms with van der Waals surface area (Å²) in [7, 11) is 0. The second-order valence-electron chi connectivity index (χ2n) is 4.66. The monoisotopic (exact) mass is 299 g/mol. The Hall–Kier alpha value is -0.570. The highest BCUT2D eigenvalue weighted by Crippen LogP contribution is 2.36. The van der Waals surface area contributed by atoms with Crippen molar-refractivity contribution in [2.75, 3.05) is 11.4 Å². The van der Waals surface area contributed by atoms with Crippen LogP contribution < -0.4 is 4.90 Å². The van der Waals surface area contributed by atoms with Crippen LogP contribution in [0, 0.1) is 5.82 Å². The third-order valence-electron chi connectivity index (χ3n) is 3.24. The molecule has 0 bridgehead atoms. The Morgan fingerprint density at radius 1 is 1.41 bits per heavy atom. The second kappa shape index (κ2) is 5.85. The number of para-hydroxylation sites is 1. The Morgan fingerprint density at radius 3 is 2.76 bits per heavy atom. The lowest BCUT2D eigenvalue weighted by atomic mass is 10.1. The van der Waals surface area contributed by atoms with Crippen LogP contribution in [0.4, 0.5) is 10.1 Å². The van der Waals surface area contributed by atoms with E-state index in [4.69, 9.17) is 0 Å². The molecule has 3 heteroatoms. The van der Waals surface area contributed by atoms with Crippen LogP contribution in [0.3, 0.4) is 0 Å². The zero-order valence-electron chi connectivity index (χ0n) is 10.3. The minimum Gasteiger partial charge on any atom is -0.366 e. The number of rotatable bonds is 6. The summed E-state index contributed by atoms with van der Waals surface area (Å²) in [6.07, 6.45) is 4.70. The van der Waals surface area contributed by atoms with Crippen molar-refractivity contribution in [2.45, 2.75) is 44.0 Å². The van der Waals surface area contributed by atoms with Crippen molar-refractivity contribution in [1.82, 2.24) is 0 Å². The molecule has 0 aliphatic heterocycles.